The summed E-state index contributed by atoms with van der Waals surface area (Å²) in [6, 6.07) is 0. The highest BCUT2D eigenvalue weighted by molar-refractivity contribution is 6.87. The van der Waals surface area contributed by atoms with Gasteiger partial charge in [-0.2, -0.15) is 0 Å². The highest BCUT2D eigenvalue weighted by atomic mass is 28.4. The molecule has 0 aromatic carbocycles. The minimum atomic E-state index is -1.84. The summed E-state index contributed by atoms with van der Waals surface area (Å²) in [4.78, 5) is 28.0. The fourth-order valence-electron chi connectivity index (χ4n) is 4.67. The summed E-state index contributed by atoms with van der Waals surface area (Å²) < 4.78 is 51.6. The third-order valence-corrected chi connectivity index (χ3v) is 43.3. The number of esters is 2. The van der Waals surface area contributed by atoms with Crippen LogP contribution in [0.3, 0.4) is 0 Å². The van der Waals surface area contributed by atoms with Crippen molar-refractivity contribution in [3.05, 3.63) is 0 Å². The maximum atomic E-state index is 14.0. The molecule has 0 aromatic heterocycles. The summed E-state index contributed by atoms with van der Waals surface area (Å²) in [5.74, 6) is -0.799. The van der Waals surface area contributed by atoms with Crippen molar-refractivity contribution >= 4 is 120 Å². The average molecular weight is 910 g/mol. The van der Waals surface area contributed by atoms with Crippen LogP contribution in [0.2, 0.25) is 118 Å². The maximum Gasteiger partial charge on any atom is 0.308 e. The highest BCUT2D eigenvalue weighted by Crippen LogP contribution is 2.33. The minimum absolute atomic E-state index is 0.154. The van der Waals surface area contributed by atoms with Crippen LogP contribution in [0.5, 0.6) is 0 Å². The van der Waals surface area contributed by atoms with E-state index in [4.69, 9.17) is 34.2 Å². The van der Waals surface area contributed by atoms with Gasteiger partial charge in [-0.05, 0) is 144 Å². The average Bonchev–Trinajstić information content (AvgIpc) is 2.92. The number of rotatable bonds is 22. The molecule has 0 aromatic rings. The van der Waals surface area contributed by atoms with Crippen LogP contribution in [0.25, 0.3) is 0 Å². The number of ether oxygens (including phenoxy) is 2. The molecule has 1 rings (SSSR count). The van der Waals surface area contributed by atoms with Gasteiger partial charge in [-0.1, -0.05) is 0 Å². The first-order chi connectivity index (χ1) is 22.2. The Morgan fingerprint density at radius 1 is 0.380 bits per heavy atom. The predicted molar refractivity (Wildman–Crippen MR) is 241 cm³/mol. The first-order valence-electron chi connectivity index (χ1n) is 18.5. The summed E-state index contributed by atoms with van der Waals surface area (Å²) in [5, 5.41) is 0. The SMILES string of the molecule is C[Si](C)(C)O[SiH2]C(OC(=O)C1CCC(C(=O)OC([SiH2]O[Si](C)(C)C)([SiH2]O[Si](C)(C)C)[SiH2]O[Si](C)(C)C)CC1)([SiH2]O[Si](C)(C)C)[SiH2]O[Si](C)(C)C. The number of hydrogen-bond acceptors (Lipinski definition) is 10. The molecule has 10 nitrogen and oxygen atoms in total. The Balaban J connectivity index is 3.21. The third-order valence-electron chi connectivity index (χ3n) is 7.64. The topological polar surface area (TPSA) is 108 Å². The Bertz CT molecular complexity index is 893. The van der Waals surface area contributed by atoms with E-state index in [1.807, 2.05) is 0 Å². The Hall–Kier alpha value is 1.30. The normalized spacial score (nSPS) is 22.4. The third kappa shape index (κ3) is 22.6. The molecule has 0 atom stereocenters. The molecular weight excluding hydrogens is 833 g/mol. The van der Waals surface area contributed by atoms with Gasteiger partial charge in [-0.15, -0.1) is 0 Å². The van der Waals surface area contributed by atoms with Gasteiger partial charge in [0.05, 0.1) is 11.8 Å². The second-order valence-corrected chi connectivity index (χ2v) is 67.9. The molecule has 22 heteroatoms. The predicted octanol–water partition coefficient (Wildman–Crippen LogP) is 2.71. The van der Waals surface area contributed by atoms with Gasteiger partial charge in [0.1, 0.15) is 8.94 Å². The van der Waals surface area contributed by atoms with Gasteiger partial charge < -0.3 is 34.2 Å². The summed E-state index contributed by atoms with van der Waals surface area (Å²) >= 11 is 0. The standard InChI is InChI=1S/C28H76O10Si12/c1-45(2,3)33-39-27(40-34-46(4,5)6,41-35-47(7,8)9)31-25(29)23-19-21-24(22-20-23)26(30)32-28(42-36-48(10,11)12,43-37-49(13,14)15)44-38-50(16,17)18/h23-24H,19-22,39-44H2,1-18H3. The molecular formula is C28H76O10Si12. The van der Waals surface area contributed by atoms with Crippen LogP contribution >= 0.6 is 0 Å². The van der Waals surface area contributed by atoms with E-state index in [1.165, 1.54) is 0 Å². The van der Waals surface area contributed by atoms with E-state index in [2.05, 4.69) is 118 Å². The zero-order valence-corrected chi connectivity index (χ0v) is 49.8. The van der Waals surface area contributed by atoms with Gasteiger partial charge in [0.2, 0.25) is 0 Å². The fraction of sp³-hybridized carbons (Fsp3) is 0.929. The fourth-order valence-corrected chi connectivity index (χ4v) is 35.6. The number of carbonyl (C=O) groups excluding carboxylic acids is 2. The molecule has 0 bridgehead atoms. The highest BCUT2D eigenvalue weighted by Gasteiger charge is 2.46. The minimum Gasteiger partial charge on any atom is -0.463 e. The lowest BCUT2D eigenvalue weighted by Crippen LogP contribution is -2.60. The first-order valence-corrected chi connectivity index (χ1v) is 46.7. The lowest BCUT2D eigenvalue weighted by Gasteiger charge is -2.40. The lowest BCUT2D eigenvalue weighted by molar-refractivity contribution is -0.157. The molecule has 1 aliphatic carbocycles. The van der Waals surface area contributed by atoms with Crippen molar-refractivity contribution in [3.63, 3.8) is 0 Å². The van der Waals surface area contributed by atoms with E-state index in [1.54, 1.807) is 0 Å². The van der Waals surface area contributed by atoms with E-state index in [-0.39, 0.29) is 23.8 Å². The van der Waals surface area contributed by atoms with Crippen molar-refractivity contribution in [2.75, 3.05) is 0 Å². The van der Waals surface area contributed by atoms with E-state index < -0.39 is 117 Å². The van der Waals surface area contributed by atoms with Gasteiger partial charge in [0.25, 0.3) is 0 Å². The van der Waals surface area contributed by atoms with Crippen molar-refractivity contribution in [2.24, 2.45) is 11.8 Å². The van der Waals surface area contributed by atoms with Crippen LogP contribution < -0.4 is 0 Å². The van der Waals surface area contributed by atoms with Crippen molar-refractivity contribution in [1.29, 1.82) is 0 Å². The van der Waals surface area contributed by atoms with Crippen LogP contribution in [-0.2, 0) is 43.8 Å². The molecule has 0 spiro atoms. The van der Waals surface area contributed by atoms with E-state index in [0.29, 0.717) is 25.7 Å². The largest absolute Gasteiger partial charge is 0.463 e. The van der Waals surface area contributed by atoms with E-state index in [9.17, 15) is 9.59 Å². The summed E-state index contributed by atoms with van der Waals surface area (Å²) in [7, 11) is -18.5. The van der Waals surface area contributed by atoms with Crippen molar-refractivity contribution in [1.82, 2.24) is 0 Å². The Morgan fingerprint density at radius 3 is 0.680 bits per heavy atom. The quantitative estimate of drug-likeness (QED) is 0.119. The molecule has 0 aliphatic heterocycles. The van der Waals surface area contributed by atoms with Gasteiger partial charge in [-0.3, -0.25) is 9.59 Å². The summed E-state index contributed by atoms with van der Waals surface area (Å²) in [6.07, 6.45) is 2.44. The molecule has 0 unspecified atom stereocenters. The van der Waals surface area contributed by atoms with Crippen LogP contribution in [-0.4, -0.2) is 129 Å². The molecule has 1 fully saturated rings. The second-order valence-electron chi connectivity index (χ2n) is 20.2. The van der Waals surface area contributed by atoms with Gasteiger partial charge in [0, 0.05) is 0 Å². The monoisotopic (exact) mass is 908 g/mol. The van der Waals surface area contributed by atoms with Crippen LogP contribution in [0, 0.1) is 11.8 Å². The Morgan fingerprint density at radius 2 is 0.540 bits per heavy atom. The van der Waals surface area contributed by atoms with E-state index >= 15 is 0 Å². The smallest absolute Gasteiger partial charge is 0.308 e. The van der Waals surface area contributed by atoms with Crippen molar-refractivity contribution < 1.29 is 43.8 Å². The molecule has 0 heterocycles. The van der Waals surface area contributed by atoms with Crippen LogP contribution in [0.15, 0.2) is 0 Å². The second kappa shape index (κ2) is 19.4. The molecule has 0 radical (unpaired) electrons. The summed E-state index contributed by atoms with van der Waals surface area (Å²) in [6.45, 7) is 39.5. The first kappa shape index (κ1) is 49.3. The molecule has 296 valence electrons. The van der Waals surface area contributed by atoms with Gasteiger partial charge in [0.15, 0.2) is 108 Å². The van der Waals surface area contributed by atoms with Gasteiger partial charge >= 0.3 is 11.9 Å². The number of carbonyl (C=O) groups is 2. The summed E-state index contributed by atoms with van der Waals surface area (Å²) in [5.41, 5.74) is 0. The van der Waals surface area contributed by atoms with E-state index in [0.717, 1.165) is 0 Å². The van der Waals surface area contributed by atoms with Crippen molar-refractivity contribution in [2.45, 2.75) is 152 Å². The zero-order chi connectivity index (χ0) is 39.0. The van der Waals surface area contributed by atoms with Crippen LogP contribution in [0.4, 0.5) is 0 Å². The maximum absolute atomic E-state index is 14.0. The Kier molecular flexibility index (Phi) is 19.2. The molecule has 1 saturated carbocycles. The molecule has 0 amide bonds. The number of hydrogen-bond donors (Lipinski definition) is 0. The molecule has 0 saturated heterocycles. The molecule has 0 N–H and O–H groups in total. The van der Waals surface area contributed by atoms with Crippen molar-refractivity contribution in [3.8, 4) is 0 Å². The van der Waals surface area contributed by atoms with Crippen LogP contribution in [0.1, 0.15) is 25.7 Å². The lowest BCUT2D eigenvalue weighted by atomic mass is 9.82. The molecule has 1 aliphatic rings. The Labute approximate surface area is 326 Å². The van der Waals surface area contributed by atoms with Gasteiger partial charge in [-0.25, -0.2) is 0 Å². The molecule has 50 heavy (non-hydrogen) atoms. The zero-order valence-electron chi connectivity index (χ0n) is 35.3.